The smallest absolute Gasteiger partial charge is 0.351 e. The summed E-state index contributed by atoms with van der Waals surface area (Å²) in [6, 6.07) is 0. The maximum atomic E-state index is 6.12. The highest BCUT2D eigenvalue weighted by molar-refractivity contribution is 6.91. The molecule has 19 heavy (non-hydrogen) atoms. The van der Waals surface area contributed by atoms with Gasteiger partial charge >= 0.3 is 8.56 Å². The Kier molecular flexibility index (Phi) is 7.19. The Balaban J connectivity index is 5.43. The monoisotopic (exact) mass is 321 g/mol. The highest BCUT2D eigenvalue weighted by Gasteiger charge is 2.48. The Bertz CT molecular complexity index is 254. The summed E-state index contributed by atoms with van der Waals surface area (Å²) in [6.45, 7) is 24.8. The van der Waals surface area contributed by atoms with E-state index >= 15 is 0 Å². The molecule has 0 amide bonds. The van der Waals surface area contributed by atoms with Gasteiger partial charge in [-0.3, -0.25) is 0 Å². The molecule has 0 aromatic carbocycles. The first-order valence-corrected chi connectivity index (χ1v) is 16.8. The van der Waals surface area contributed by atoms with E-state index in [0.717, 1.165) is 13.2 Å². The van der Waals surface area contributed by atoms with Crippen LogP contribution in [0, 0.1) is 0 Å². The Hall–Kier alpha value is 0.531. The van der Waals surface area contributed by atoms with Crippen molar-refractivity contribution in [3.05, 3.63) is 0 Å². The third kappa shape index (κ3) is 5.43. The third-order valence-electron chi connectivity index (χ3n) is 3.45. The zero-order valence-electron chi connectivity index (χ0n) is 14.8. The molecule has 0 saturated carbocycles. The lowest BCUT2D eigenvalue weighted by Gasteiger charge is -2.51. The molecule has 0 rings (SSSR count). The molecule has 116 valence electrons. The zero-order valence-corrected chi connectivity index (χ0v) is 17.8. The predicted molar refractivity (Wildman–Crippen MR) is 92.9 cm³/mol. The number of rotatable bonds is 8. The van der Waals surface area contributed by atoms with Crippen LogP contribution in [-0.4, -0.2) is 48.1 Å². The molecule has 1 atom stereocenters. The van der Waals surface area contributed by atoms with Crippen LogP contribution in [0.2, 0.25) is 45.8 Å². The van der Waals surface area contributed by atoms with E-state index in [0.29, 0.717) is 5.67 Å². The number of nitrogens with zero attached hydrogens (tertiary/aromatic N) is 1. The molecule has 0 fully saturated rings. The second-order valence-corrected chi connectivity index (χ2v) is 20.8. The van der Waals surface area contributed by atoms with Gasteiger partial charge in [0.1, 0.15) is 16.5 Å². The van der Waals surface area contributed by atoms with E-state index in [1.807, 2.05) is 0 Å². The summed E-state index contributed by atoms with van der Waals surface area (Å²) in [5.74, 6) is 0. The maximum Gasteiger partial charge on any atom is 0.351 e. The van der Waals surface area contributed by atoms with Crippen molar-refractivity contribution in [2.75, 3.05) is 13.2 Å². The fraction of sp³-hybridized carbons (Fsp3) is 1.00. The number of hydrogen-bond acceptors (Lipinski definition) is 3. The maximum absolute atomic E-state index is 6.12. The molecule has 0 aromatic heterocycles. The summed E-state index contributed by atoms with van der Waals surface area (Å²) in [4.78, 5) is 0. The van der Waals surface area contributed by atoms with Gasteiger partial charge in [-0.25, -0.2) is 0 Å². The Morgan fingerprint density at radius 3 is 1.32 bits per heavy atom. The first-order valence-electron chi connectivity index (χ1n) is 7.47. The molecule has 0 radical (unpaired) electrons. The minimum Gasteiger partial charge on any atom is -0.394 e. The summed E-state index contributed by atoms with van der Waals surface area (Å²) in [5.41, 5.74) is 0.422. The molecule has 0 aliphatic rings. The van der Waals surface area contributed by atoms with Gasteiger partial charge in [0.15, 0.2) is 0 Å². The van der Waals surface area contributed by atoms with Crippen molar-refractivity contribution in [2.24, 2.45) is 0 Å². The van der Waals surface area contributed by atoms with Crippen LogP contribution in [-0.2, 0) is 8.85 Å². The highest BCUT2D eigenvalue weighted by Crippen LogP contribution is 2.28. The van der Waals surface area contributed by atoms with Gasteiger partial charge in [0.2, 0.25) is 0 Å². The van der Waals surface area contributed by atoms with Gasteiger partial charge in [0, 0.05) is 18.9 Å². The molecule has 0 spiro atoms. The topological polar surface area (TPSA) is 21.7 Å². The Morgan fingerprint density at radius 2 is 1.11 bits per heavy atom. The van der Waals surface area contributed by atoms with Crippen LogP contribution in [0.3, 0.4) is 0 Å². The van der Waals surface area contributed by atoms with Crippen molar-refractivity contribution >= 4 is 25.0 Å². The molecule has 0 heterocycles. The van der Waals surface area contributed by atoms with E-state index in [2.05, 4.69) is 70.8 Å². The molecule has 0 aliphatic heterocycles. The van der Waals surface area contributed by atoms with Gasteiger partial charge in [-0.05, 0) is 27.3 Å². The Morgan fingerprint density at radius 1 is 0.789 bits per heavy atom. The Labute approximate surface area is 124 Å². The summed E-state index contributed by atoms with van der Waals surface area (Å²) in [5, 5.41) is 0. The summed E-state index contributed by atoms with van der Waals surface area (Å²) >= 11 is 0. The minimum absolute atomic E-state index is 0.422. The second-order valence-electron chi connectivity index (χ2n) is 7.27. The molecule has 6 heteroatoms. The molecule has 0 bridgehead atoms. The highest BCUT2D eigenvalue weighted by atomic mass is 28.4. The lowest BCUT2D eigenvalue weighted by Crippen LogP contribution is -2.70. The van der Waals surface area contributed by atoms with E-state index in [9.17, 15) is 0 Å². The van der Waals surface area contributed by atoms with Gasteiger partial charge in [-0.2, -0.15) is 0 Å². The summed E-state index contributed by atoms with van der Waals surface area (Å²) in [7, 11) is -4.91. The first kappa shape index (κ1) is 19.5. The molecule has 0 aromatic rings. The average molecular weight is 322 g/mol. The number of hydrogen-bond donors (Lipinski definition) is 0. The van der Waals surface area contributed by atoms with Crippen molar-refractivity contribution in [3.63, 3.8) is 0 Å². The third-order valence-corrected chi connectivity index (χ3v) is 15.2. The molecular formula is C13H35NO2Si3. The second kappa shape index (κ2) is 7.00. The molecule has 1 unspecified atom stereocenters. The van der Waals surface area contributed by atoms with Crippen molar-refractivity contribution in [2.45, 2.75) is 72.3 Å². The zero-order chi connectivity index (χ0) is 15.5. The van der Waals surface area contributed by atoms with Gasteiger partial charge in [-0.1, -0.05) is 39.3 Å². The quantitative estimate of drug-likeness (QED) is 0.630. The van der Waals surface area contributed by atoms with Crippen LogP contribution >= 0.6 is 0 Å². The minimum atomic E-state index is -2.14. The fourth-order valence-electron chi connectivity index (χ4n) is 3.26. The van der Waals surface area contributed by atoms with E-state index in [-0.39, 0.29) is 0 Å². The molecule has 3 nitrogen and oxygen atoms in total. The first-order chi connectivity index (χ1) is 8.40. The van der Waals surface area contributed by atoms with Crippen molar-refractivity contribution in [1.82, 2.24) is 4.23 Å². The SMILES string of the molecule is CCO[Si](C)(OCC)C(C)N([Si](C)(C)C)[Si](C)(C)C. The van der Waals surface area contributed by atoms with E-state index < -0.39 is 25.0 Å². The standard InChI is InChI=1S/C13H35NO2Si3/c1-11-15-19(10,16-12-2)13(3)14(17(4,5)6)18(7,8)9/h13H,11-12H2,1-10H3. The van der Waals surface area contributed by atoms with Crippen LogP contribution in [0.15, 0.2) is 0 Å². The van der Waals surface area contributed by atoms with Crippen molar-refractivity contribution in [1.29, 1.82) is 0 Å². The summed E-state index contributed by atoms with van der Waals surface area (Å²) in [6.07, 6.45) is 0. The molecular weight excluding hydrogens is 286 g/mol. The van der Waals surface area contributed by atoms with Crippen LogP contribution in [0.1, 0.15) is 20.8 Å². The van der Waals surface area contributed by atoms with Gasteiger partial charge in [-0.15, -0.1) is 0 Å². The lowest BCUT2D eigenvalue weighted by molar-refractivity contribution is 0.170. The van der Waals surface area contributed by atoms with Crippen LogP contribution < -0.4 is 0 Å². The normalized spacial score (nSPS) is 15.9. The van der Waals surface area contributed by atoms with E-state index in [4.69, 9.17) is 8.85 Å². The predicted octanol–water partition coefficient (Wildman–Crippen LogP) is 4.03. The molecule has 0 saturated heterocycles. The largest absolute Gasteiger partial charge is 0.394 e. The molecule has 0 N–H and O–H groups in total. The fourth-order valence-corrected chi connectivity index (χ4v) is 19.5. The van der Waals surface area contributed by atoms with Gasteiger partial charge in [0.25, 0.3) is 0 Å². The van der Waals surface area contributed by atoms with Gasteiger partial charge < -0.3 is 13.1 Å². The molecule has 0 aliphatic carbocycles. The van der Waals surface area contributed by atoms with E-state index in [1.54, 1.807) is 0 Å². The summed E-state index contributed by atoms with van der Waals surface area (Å²) < 4.78 is 15.1. The van der Waals surface area contributed by atoms with E-state index in [1.165, 1.54) is 0 Å². The van der Waals surface area contributed by atoms with Crippen molar-refractivity contribution in [3.8, 4) is 0 Å². The van der Waals surface area contributed by atoms with Crippen molar-refractivity contribution < 1.29 is 8.85 Å². The van der Waals surface area contributed by atoms with Crippen LogP contribution in [0.25, 0.3) is 0 Å². The lowest BCUT2D eigenvalue weighted by atomic mass is 10.8. The van der Waals surface area contributed by atoms with Crippen LogP contribution in [0.4, 0.5) is 0 Å². The van der Waals surface area contributed by atoms with Gasteiger partial charge in [0.05, 0.1) is 0 Å². The average Bonchev–Trinajstić information content (AvgIpc) is 2.13. The van der Waals surface area contributed by atoms with Crippen LogP contribution in [0.5, 0.6) is 0 Å².